The summed E-state index contributed by atoms with van der Waals surface area (Å²) in [5.41, 5.74) is 1.09. The SMILES string of the molecule is O=C1C2=C(CCCC2)C(=O)N1c1ccc(OC(=O)C(F)(F)S(=O)(=O)O)cc1. The molecule has 1 heterocycles. The normalized spacial score (nSPS) is 18.0. The number of hydrogen-bond donors (Lipinski definition) is 1. The van der Waals surface area contributed by atoms with Crippen molar-refractivity contribution in [2.45, 2.75) is 30.9 Å². The lowest BCUT2D eigenvalue weighted by molar-refractivity contribution is -0.151. The molecule has 1 aromatic carbocycles. The second-order valence-corrected chi connectivity index (χ2v) is 7.45. The summed E-state index contributed by atoms with van der Waals surface area (Å²) in [7, 11) is -5.98. The van der Waals surface area contributed by atoms with Crippen molar-refractivity contribution in [3.05, 3.63) is 35.4 Å². The number of nitrogens with zero attached hydrogens (tertiary/aromatic N) is 1. The molecule has 11 heteroatoms. The van der Waals surface area contributed by atoms with Crippen LogP contribution in [0.15, 0.2) is 35.4 Å². The number of carbonyl (C=O) groups excluding carboxylic acids is 3. The Hall–Kier alpha value is -2.66. The maximum atomic E-state index is 13.2. The summed E-state index contributed by atoms with van der Waals surface area (Å²) in [5, 5.41) is -5.13. The van der Waals surface area contributed by atoms with E-state index in [0.717, 1.165) is 29.9 Å². The first-order chi connectivity index (χ1) is 12.5. The summed E-state index contributed by atoms with van der Waals surface area (Å²) in [6.45, 7) is 0. The number of rotatable bonds is 4. The zero-order valence-electron chi connectivity index (χ0n) is 13.6. The van der Waals surface area contributed by atoms with E-state index in [1.165, 1.54) is 12.1 Å². The van der Waals surface area contributed by atoms with E-state index in [1.807, 2.05) is 0 Å². The maximum absolute atomic E-state index is 13.2. The number of alkyl halides is 2. The fourth-order valence-electron chi connectivity index (χ4n) is 2.91. The average molecular weight is 401 g/mol. The average Bonchev–Trinajstić information content (AvgIpc) is 2.86. The minimum absolute atomic E-state index is 0.153. The summed E-state index contributed by atoms with van der Waals surface area (Å²) in [5.74, 6) is -3.83. The van der Waals surface area contributed by atoms with Crippen molar-refractivity contribution in [3.8, 4) is 5.75 Å². The Labute approximate surface area is 152 Å². The molecule has 0 aromatic heterocycles. The van der Waals surface area contributed by atoms with Crippen molar-refractivity contribution in [2.75, 3.05) is 4.90 Å². The lowest BCUT2D eigenvalue weighted by Crippen LogP contribution is -2.40. The molecule has 144 valence electrons. The van der Waals surface area contributed by atoms with Crippen LogP contribution < -0.4 is 9.64 Å². The van der Waals surface area contributed by atoms with Gasteiger partial charge in [0.25, 0.3) is 11.8 Å². The Morgan fingerprint density at radius 2 is 1.52 bits per heavy atom. The molecule has 8 nitrogen and oxygen atoms in total. The van der Waals surface area contributed by atoms with E-state index in [9.17, 15) is 31.6 Å². The van der Waals surface area contributed by atoms with Gasteiger partial charge in [-0.25, -0.2) is 9.69 Å². The molecule has 0 unspecified atom stereocenters. The smallest absolute Gasteiger partial charge is 0.421 e. The molecule has 0 saturated carbocycles. The predicted octanol–water partition coefficient (Wildman–Crippen LogP) is 1.82. The Bertz CT molecular complexity index is 939. The molecule has 1 aliphatic carbocycles. The van der Waals surface area contributed by atoms with Crippen LogP contribution >= 0.6 is 0 Å². The molecule has 27 heavy (non-hydrogen) atoms. The van der Waals surface area contributed by atoms with E-state index in [0.29, 0.717) is 24.0 Å². The third kappa shape index (κ3) is 3.23. The maximum Gasteiger partial charge on any atom is 0.466 e. The Morgan fingerprint density at radius 1 is 1.04 bits per heavy atom. The van der Waals surface area contributed by atoms with Gasteiger partial charge in [-0.05, 0) is 49.9 Å². The molecule has 0 saturated heterocycles. The van der Waals surface area contributed by atoms with Gasteiger partial charge < -0.3 is 4.74 Å². The Morgan fingerprint density at radius 3 is 1.96 bits per heavy atom. The molecule has 1 N–H and O–H groups in total. The number of carbonyl (C=O) groups is 3. The van der Waals surface area contributed by atoms with Crippen LogP contribution in [0.1, 0.15) is 25.7 Å². The van der Waals surface area contributed by atoms with Crippen molar-refractivity contribution in [3.63, 3.8) is 0 Å². The predicted molar refractivity (Wildman–Crippen MR) is 86.6 cm³/mol. The number of anilines is 1. The molecular weight excluding hydrogens is 388 g/mol. The Kier molecular flexibility index (Phi) is 4.60. The highest BCUT2D eigenvalue weighted by atomic mass is 32.2. The van der Waals surface area contributed by atoms with Crippen molar-refractivity contribution < 1.29 is 40.9 Å². The molecule has 0 fully saturated rings. The highest BCUT2D eigenvalue weighted by Crippen LogP contribution is 2.36. The largest absolute Gasteiger partial charge is 0.466 e. The van der Waals surface area contributed by atoms with Gasteiger partial charge in [0.2, 0.25) is 0 Å². The number of imide groups is 1. The van der Waals surface area contributed by atoms with Crippen molar-refractivity contribution in [1.82, 2.24) is 0 Å². The van der Waals surface area contributed by atoms with E-state index >= 15 is 0 Å². The molecule has 3 rings (SSSR count). The van der Waals surface area contributed by atoms with Gasteiger partial charge in [0.05, 0.1) is 5.69 Å². The van der Waals surface area contributed by atoms with E-state index in [4.69, 9.17) is 4.55 Å². The molecule has 1 aromatic rings. The van der Waals surface area contributed by atoms with Crippen LogP contribution in [0.5, 0.6) is 5.75 Å². The fraction of sp³-hybridized carbons (Fsp3) is 0.312. The summed E-state index contributed by atoms with van der Waals surface area (Å²) in [6.07, 6.45) is 2.64. The summed E-state index contributed by atoms with van der Waals surface area (Å²) < 4.78 is 60.1. The standard InChI is InChI=1S/C16H13F2NO7S/c17-16(18,27(23,24)25)15(22)26-10-7-5-9(6-8-10)19-13(20)11-3-1-2-4-12(11)14(19)21/h5-8H,1-4H2,(H,23,24,25). The molecule has 0 atom stereocenters. The van der Waals surface area contributed by atoms with Crippen LogP contribution in [0.25, 0.3) is 0 Å². The number of amides is 2. The van der Waals surface area contributed by atoms with Gasteiger partial charge in [0, 0.05) is 11.1 Å². The van der Waals surface area contributed by atoms with Crippen LogP contribution in [0.3, 0.4) is 0 Å². The van der Waals surface area contributed by atoms with Crippen LogP contribution in [-0.4, -0.2) is 36.0 Å². The van der Waals surface area contributed by atoms with Gasteiger partial charge in [0.1, 0.15) is 5.75 Å². The van der Waals surface area contributed by atoms with Crippen LogP contribution in [0.2, 0.25) is 0 Å². The number of benzene rings is 1. The summed E-state index contributed by atoms with van der Waals surface area (Å²) in [6, 6.07) is 4.43. The van der Waals surface area contributed by atoms with Crippen molar-refractivity contribution in [1.29, 1.82) is 0 Å². The quantitative estimate of drug-likeness (QED) is 0.354. The summed E-state index contributed by atoms with van der Waals surface area (Å²) >= 11 is 0. The fourth-order valence-corrected chi connectivity index (χ4v) is 3.16. The highest BCUT2D eigenvalue weighted by molar-refractivity contribution is 7.87. The number of esters is 1. The first kappa shape index (κ1) is 19.1. The number of hydrogen-bond acceptors (Lipinski definition) is 6. The van der Waals surface area contributed by atoms with Crippen LogP contribution in [-0.2, 0) is 24.5 Å². The van der Waals surface area contributed by atoms with Gasteiger partial charge in [0.15, 0.2) is 0 Å². The third-order valence-electron chi connectivity index (χ3n) is 4.26. The topological polar surface area (TPSA) is 118 Å². The minimum Gasteiger partial charge on any atom is -0.421 e. The van der Waals surface area contributed by atoms with Gasteiger partial charge in [-0.15, -0.1) is 0 Å². The first-order valence-corrected chi connectivity index (χ1v) is 9.26. The first-order valence-electron chi connectivity index (χ1n) is 7.82. The second-order valence-electron chi connectivity index (χ2n) is 5.99. The van der Waals surface area contributed by atoms with E-state index in [1.54, 1.807) is 0 Å². The molecule has 2 aliphatic rings. The van der Waals surface area contributed by atoms with Crippen LogP contribution in [0.4, 0.5) is 14.5 Å². The van der Waals surface area contributed by atoms with Crippen LogP contribution in [0, 0.1) is 0 Å². The third-order valence-corrected chi connectivity index (χ3v) is 5.07. The lowest BCUT2D eigenvalue weighted by Gasteiger charge is -2.16. The van der Waals surface area contributed by atoms with Gasteiger partial charge in [-0.1, -0.05) is 0 Å². The van der Waals surface area contributed by atoms with Gasteiger partial charge in [-0.3, -0.25) is 14.1 Å². The highest BCUT2D eigenvalue weighted by Gasteiger charge is 2.54. The molecule has 0 radical (unpaired) electrons. The molecule has 0 bridgehead atoms. The number of ether oxygens (including phenoxy) is 1. The molecular formula is C16H13F2NO7S. The minimum atomic E-state index is -5.98. The van der Waals surface area contributed by atoms with Gasteiger partial charge in [-0.2, -0.15) is 17.2 Å². The van der Waals surface area contributed by atoms with Crippen molar-refractivity contribution >= 4 is 33.6 Å². The zero-order valence-corrected chi connectivity index (χ0v) is 14.5. The van der Waals surface area contributed by atoms with Gasteiger partial charge >= 0.3 is 21.3 Å². The Balaban J connectivity index is 1.78. The summed E-state index contributed by atoms with van der Waals surface area (Å²) in [4.78, 5) is 37.1. The molecule has 0 spiro atoms. The van der Waals surface area contributed by atoms with E-state index in [2.05, 4.69) is 4.74 Å². The van der Waals surface area contributed by atoms with E-state index in [-0.39, 0.29) is 5.69 Å². The van der Waals surface area contributed by atoms with Crippen molar-refractivity contribution in [2.24, 2.45) is 0 Å². The molecule has 1 aliphatic heterocycles. The zero-order chi connectivity index (χ0) is 20.0. The van der Waals surface area contributed by atoms with E-state index < -0.39 is 38.9 Å². The second kappa shape index (κ2) is 6.50. The lowest BCUT2D eigenvalue weighted by atomic mass is 9.93. The number of halogens is 2. The monoisotopic (exact) mass is 401 g/mol. The molecule has 2 amide bonds.